The zero-order valence-corrected chi connectivity index (χ0v) is 16.0. The smallest absolute Gasteiger partial charge is 0.342 e. The molecule has 30 heavy (non-hydrogen) atoms. The van der Waals surface area contributed by atoms with E-state index in [9.17, 15) is 24.1 Å². The Morgan fingerprint density at radius 1 is 1.10 bits per heavy atom. The maximum absolute atomic E-state index is 13.4. The van der Waals surface area contributed by atoms with Crippen molar-refractivity contribution >= 4 is 34.0 Å². The second kappa shape index (κ2) is 8.56. The van der Waals surface area contributed by atoms with Gasteiger partial charge in [0.1, 0.15) is 11.3 Å². The molecule has 3 aromatic carbocycles. The lowest BCUT2D eigenvalue weighted by molar-refractivity contribution is -0.387. The zero-order valence-electron chi connectivity index (χ0n) is 16.0. The van der Waals surface area contributed by atoms with E-state index < -0.39 is 34.4 Å². The third kappa shape index (κ3) is 4.35. The molecule has 0 aromatic heterocycles. The Morgan fingerprint density at radius 2 is 1.77 bits per heavy atom. The molecule has 0 bridgehead atoms. The van der Waals surface area contributed by atoms with Crippen LogP contribution in [0.5, 0.6) is 5.75 Å². The van der Waals surface area contributed by atoms with Crippen molar-refractivity contribution in [2.24, 2.45) is 0 Å². The van der Waals surface area contributed by atoms with Crippen LogP contribution in [-0.4, -0.2) is 30.0 Å². The molecule has 0 saturated carbocycles. The molecule has 0 saturated heterocycles. The van der Waals surface area contributed by atoms with Crippen molar-refractivity contribution < 1.29 is 28.4 Å². The summed E-state index contributed by atoms with van der Waals surface area (Å²) in [6.45, 7) is 1.35. The van der Waals surface area contributed by atoms with Gasteiger partial charge in [-0.05, 0) is 42.0 Å². The van der Waals surface area contributed by atoms with Crippen LogP contribution < -0.4 is 10.1 Å². The summed E-state index contributed by atoms with van der Waals surface area (Å²) in [5.41, 5.74) is -0.633. The molecule has 0 spiro atoms. The Bertz CT molecular complexity index is 1150. The number of anilines is 1. The highest BCUT2D eigenvalue weighted by atomic mass is 19.1. The Balaban J connectivity index is 1.75. The van der Waals surface area contributed by atoms with E-state index in [2.05, 4.69) is 5.32 Å². The highest BCUT2D eigenvalue weighted by molar-refractivity contribution is 6.01. The van der Waals surface area contributed by atoms with Gasteiger partial charge in [-0.25, -0.2) is 4.79 Å². The summed E-state index contributed by atoms with van der Waals surface area (Å²) in [5.74, 6) is -2.24. The Kier molecular flexibility index (Phi) is 5.91. The van der Waals surface area contributed by atoms with E-state index in [-0.39, 0.29) is 11.3 Å². The summed E-state index contributed by atoms with van der Waals surface area (Å²) < 4.78 is 23.9. The highest BCUT2D eigenvalue weighted by Crippen LogP contribution is 2.27. The summed E-state index contributed by atoms with van der Waals surface area (Å²) in [6.07, 6.45) is -1.22. The number of nitrogens with one attached hydrogen (secondary N) is 1. The fourth-order valence-electron chi connectivity index (χ4n) is 2.80. The van der Waals surface area contributed by atoms with Crippen LogP contribution in [0.4, 0.5) is 15.8 Å². The number of carbonyl (C=O) groups is 2. The van der Waals surface area contributed by atoms with Gasteiger partial charge in [-0.15, -0.1) is 0 Å². The Morgan fingerprint density at radius 3 is 2.40 bits per heavy atom. The number of rotatable bonds is 6. The number of hydrogen-bond donors (Lipinski definition) is 1. The predicted octanol–water partition coefficient (Wildman–Crippen LogP) is 4.08. The average Bonchev–Trinajstić information content (AvgIpc) is 2.73. The Labute approximate surface area is 170 Å². The standard InChI is InChI=1S/C21H17FN2O6/c1-12(20(25)23-15-7-8-17(22)18(11-15)24(27)28)30-21(26)16-9-13-5-3-4-6-14(13)10-19(16)29-2/h3-12H,1-2H3,(H,23,25)/t12-/m1/s1. The van der Waals surface area contributed by atoms with E-state index in [1.165, 1.54) is 20.1 Å². The number of hydrogen-bond acceptors (Lipinski definition) is 6. The number of fused-ring (bicyclic) bond motifs is 1. The van der Waals surface area contributed by atoms with Crippen molar-refractivity contribution in [1.29, 1.82) is 0 Å². The van der Waals surface area contributed by atoms with Crippen molar-refractivity contribution in [1.82, 2.24) is 0 Å². The summed E-state index contributed by atoms with van der Waals surface area (Å²) in [4.78, 5) is 34.9. The molecule has 0 heterocycles. The molecular formula is C21H17FN2O6. The lowest BCUT2D eigenvalue weighted by Gasteiger charge is -2.15. The fourth-order valence-corrected chi connectivity index (χ4v) is 2.80. The van der Waals surface area contributed by atoms with Gasteiger partial charge >= 0.3 is 11.7 Å². The molecule has 0 aliphatic rings. The number of carbonyl (C=O) groups excluding carboxylic acids is 2. The minimum Gasteiger partial charge on any atom is -0.496 e. The number of esters is 1. The number of benzene rings is 3. The van der Waals surface area contributed by atoms with Gasteiger partial charge in [-0.2, -0.15) is 4.39 Å². The molecule has 154 valence electrons. The van der Waals surface area contributed by atoms with Gasteiger partial charge in [0.25, 0.3) is 5.91 Å². The third-order valence-corrected chi connectivity index (χ3v) is 4.35. The topological polar surface area (TPSA) is 108 Å². The van der Waals surface area contributed by atoms with Gasteiger partial charge in [0, 0.05) is 11.8 Å². The number of nitrogens with zero attached hydrogens (tertiary/aromatic N) is 1. The first kappa shape index (κ1) is 20.7. The first-order valence-corrected chi connectivity index (χ1v) is 8.82. The van der Waals surface area contributed by atoms with Crippen LogP contribution >= 0.6 is 0 Å². The van der Waals surface area contributed by atoms with Crippen LogP contribution in [0.25, 0.3) is 10.8 Å². The molecule has 3 rings (SSSR count). The summed E-state index contributed by atoms with van der Waals surface area (Å²) in [6, 6.07) is 13.6. The number of nitro groups is 1. The third-order valence-electron chi connectivity index (χ3n) is 4.35. The molecule has 0 unspecified atom stereocenters. The molecular weight excluding hydrogens is 395 g/mol. The number of methoxy groups -OCH3 is 1. The molecule has 9 heteroatoms. The minimum absolute atomic E-state index is 0.000662. The molecule has 0 fully saturated rings. The van der Waals surface area contributed by atoms with Crippen molar-refractivity contribution in [3.63, 3.8) is 0 Å². The van der Waals surface area contributed by atoms with E-state index in [1.54, 1.807) is 12.1 Å². The Hall–Kier alpha value is -4.01. The van der Waals surface area contributed by atoms with Crippen molar-refractivity contribution in [2.75, 3.05) is 12.4 Å². The van der Waals surface area contributed by atoms with Gasteiger partial charge < -0.3 is 14.8 Å². The lowest BCUT2D eigenvalue weighted by atomic mass is 10.1. The van der Waals surface area contributed by atoms with Gasteiger partial charge in [0.05, 0.1) is 12.0 Å². The molecule has 1 amide bonds. The van der Waals surface area contributed by atoms with E-state index >= 15 is 0 Å². The van der Waals surface area contributed by atoms with Gasteiger partial charge in [-0.3, -0.25) is 14.9 Å². The summed E-state index contributed by atoms with van der Waals surface area (Å²) in [7, 11) is 1.42. The number of nitro benzene ring substituents is 1. The van der Waals surface area contributed by atoms with Crippen LogP contribution in [0.3, 0.4) is 0 Å². The maximum Gasteiger partial charge on any atom is 0.342 e. The number of halogens is 1. The van der Waals surface area contributed by atoms with E-state index in [0.717, 1.165) is 22.9 Å². The first-order valence-electron chi connectivity index (χ1n) is 8.82. The monoisotopic (exact) mass is 412 g/mol. The molecule has 0 radical (unpaired) electrons. The summed E-state index contributed by atoms with van der Waals surface area (Å²) in [5, 5.41) is 14.8. The second-order valence-electron chi connectivity index (χ2n) is 6.36. The number of ether oxygens (including phenoxy) is 2. The van der Waals surface area contributed by atoms with E-state index in [0.29, 0.717) is 5.75 Å². The van der Waals surface area contributed by atoms with Crippen LogP contribution in [0.2, 0.25) is 0 Å². The lowest BCUT2D eigenvalue weighted by Crippen LogP contribution is -2.30. The first-order chi connectivity index (χ1) is 14.3. The minimum atomic E-state index is -1.22. The van der Waals surface area contributed by atoms with E-state index in [4.69, 9.17) is 9.47 Å². The predicted molar refractivity (Wildman–Crippen MR) is 107 cm³/mol. The molecule has 8 nitrogen and oxygen atoms in total. The molecule has 1 N–H and O–H groups in total. The maximum atomic E-state index is 13.4. The fraction of sp³-hybridized carbons (Fsp3) is 0.143. The molecule has 1 atom stereocenters. The molecule has 0 aliphatic carbocycles. The normalized spacial score (nSPS) is 11.6. The van der Waals surface area contributed by atoms with Gasteiger partial charge in [-0.1, -0.05) is 24.3 Å². The quantitative estimate of drug-likeness (QED) is 0.371. The van der Waals surface area contributed by atoms with Gasteiger partial charge in [0.15, 0.2) is 6.10 Å². The molecule has 3 aromatic rings. The second-order valence-corrected chi connectivity index (χ2v) is 6.36. The van der Waals surface area contributed by atoms with Crippen LogP contribution in [0.1, 0.15) is 17.3 Å². The summed E-state index contributed by atoms with van der Waals surface area (Å²) >= 11 is 0. The van der Waals surface area contributed by atoms with Crippen LogP contribution in [-0.2, 0) is 9.53 Å². The van der Waals surface area contributed by atoms with Crippen molar-refractivity contribution in [3.8, 4) is 5.75 Å². The highest BCUT2D eigenvalue weighted by Gasteiger charge is 2.23. The zero-order chi connectivity index (χ0) is 21.8. The molecule has 0 aliphatic heterocycles. The largest absolute Gasteiger partial charge is 0.496 e. The van der Waals surface area contributed by atoms with Crippen LogP contribution in [0.15, 0.2) is 54.6 Å². The van der Waals surface area contributed by atoms with Crippen molar-refractivity contribution in [2.45, 2.75) is 13.0 Å². The average molecular weight is 412 g/mol. The number of amides is 1. The van der Waals surface area contributed by atoms with Crippen LogP contribution in [0, 0.1) is 15.9 Å². The van der Waals surface area contributed by atoms with Crippen molar-refractivity contribution in [3.05, 3.63) is 76.1 Å². The SMILES string of the molecule is COc1cc2ccccc2cc1C(=O)O[C@H](C)C(=O)Nc1ccc(F)c([N+](=O)[O-])c1. The van der Waals surface area contributed by atoms with Gasteiger partial charge in [0.2, 0.25) is 5.82 Å². The van der Waals surface area contributed by atoms with E-state index in [1.807, 2.05) is 24.3 Å².